The highest BCUT2D eigenvalue weighted by Gasteiger charge is 2.12. The number of anilines is 2. The van der Waals surface area contributed by atoms with Crippen molar-refractivity contribution < 1.29 is 9.47 Å². The van der Waals surface area contributed by atoms with Crippen LogP contribution in [-0.2, 0) is 6.42 Å². The van der Waals surface area contributed by atoms with Gasteiger partial charge in [-0.1, -0.05) is 60.7 Å². The summed E-state index contributed by atoms with van der Waals surface area (Å²) in [7, 11) is 3.37. The molecule has 2 atom stereocenters. The molecule has 4 heteroatoms. The Labute approximate surface area is 233 Å². The fraction of sp³-hybridized carbons (Fsp3) is 0.200. The number of hydrogen-bond acceptors (Lipinski definition) is 4. The molecule has 200 valence electrons. The third-order valence-electron chi connectivity index (χ3n) is 6.84. The molecule has 0 unspecified atom stereocenters. The largest absolute Gasteiger partial charge is 0.497 e. The number of rotatable bonds is 14. The molecule has 0 amide bonds. The maximum Gasteiger partial charge on any atom is 0.118 e. The molecule has 4 rings (SSSR count). The first kappa shape index (κ1) is 27.6. The molecule has 0 saturated carbocycles. The van der Waals surface area contributed by atoms with Crippen molar-refractivity contribution in [2.24, 2.45) is 0 Å². The Bertz CT molecular complexity index is 1210. The molecule has 4 nitrogen and oxygen atoms in total. The van der Waals surface area contributed by atoms with Gasteiger partial charge < -0.3 is 20.1 Å². The summed E-state index contributed by atoms with van der Waals surface area (Å²) in [6, 6.07) is 34.1. The van der Waals surface area contributed by atoms with E-state index < -0.39 is 0 Å². The maximum atomic E-state index is 5.30. The van der Waals surface area contributed by atoms with Crippen molar-refractivity contribution in [3.8, 4) is 11.5 Å². The molecule has 0 aliphatic heterocycles. The molecule has 0 spiro atoms. The molecule has 0 heterocycles. The van der Waals surface area contributed by atoms with Crippen molar-refractivity contribution in [3.63, 3.8) is 0 Å². The summed E-state index contributed by atoms with van der Waals surface area (Å²) >= 11 is 0. The van der Waals surface area contributed by atoms with E-state index in [0.717, 1.165) is 42.1 Å². The minimum atomic E-state index is 0.155. The van der Waals surface area contributed by atoms with Gasteiger partial charge >= 0.3 is 0 Å². The van der Waals surface area contributed by atoms with Crippen LogP contribution in [0.5, 0.6) is 11.5 Å². The van der Waals surface area contributed by atoms with Crippen molar-refractivity contribution >= 4 is 11.4 Å². The van der Waals surface area contributed by atoms with Gasteiger partial charge in [-0.3, -0.25) is 0 Å². The van der Waals surface area contributed by atoms with E-state index in [9.17, 15) is 0 Å². The number of methoxy groups -OCH3 is 2. The molecular formula is C35H38N2O2. The van der Waals surface area contributed by atoms with E-state index >= 15 is 0 Å². The first-order valence-corrected chi connectivity index (χ1v) is 13.3. The van der Waals surface area contributed by atoms with Crippen LogP contribution >= 0.6 is 0 Å². The Morgan fingerprint density at radius 2 is 0.923 bits per heavy atom. The summed E-state index contributed by atoms with van der Waals surface area (Å²) in [4.78, 5) is 0. The minimum Gasteiger partial charge on any atom is -0.497 e. The summed E-state index contributed by atoms with van der Waals surface area (Å²) < 4.78 is 10.6. The van der Waals surface area contributed by atoms with Gasteiger partial charge in [0.05, 0.1) is 26.3 Å². The van der Waals surface area contributed by atoms with E-state index in [4.69, 9.17) is 9.47 Å². The second kappa shape index (κ2) is 13.9. The second-order valence-electron chi connectivity index (χ2n) is 9.56. The lowest BCUT2D eigenvalue weighted by atomic mass is 10.0. The molecular weight excluding hydrogens is 480 g/mol. The highest BCUT2D eigenvalue weighted by molar-refractivity contribution is 5.50. The average Bonchev–Trinajstić information content (AvgIpc) is 2.99. The monoisotopic (exact) mass is 518 g/mol. The standard InChI is InChI=1S/C35H38N2O2/c1-5-7-34(28-13-21-32(38-3)22-14-28)36-30-17-9-26(10-18-30)25-27-11-19-31(20-12-27)37-35(8-6-2)29-15-23-33(39-4)24-16-29/h5-6,9-24,34-37H,1-2,7-8,25H2,3-4H3/t34-,35+. The van der Waals surface area contributed by atoms with Gasteiger partial charge in [0.15, 0.2) is 0 Å². The Morgan fingerprint density at radius 3 is 1.23 bits per heavy atom. The third-order valence-corrected chi connectivity index (χ3v) is 6.84. The fourth-order valence-electron chi connectivity index (χ4n) is 4.64. The van der Waals surface area contributed by atoms with Crippen LogP contribution in [0, 0.1) is 0 Å². The van der Waals surface area contributed by atoms with Crippen molar-refractivity contribution in [2.45, 2.75) is 31.3 Å². The van der Waals surface area contributed by atoms with Crippen molar-refractivity contribution in [1.82, 2.24) is 0 Å². The van der Waals surface area contributed by atoms with Gasteiger partial charge in [-0.2, -0.15) is 0 Å². The van der Waals surface area contributed by atoms with Crippen LogP contribution in [0.4, 0.5) is 11.4 Å². The van der Waals surface area contributed by atoms with Gasteiger partial charge in [-0.05, 0) is 90.0 Å². The summed E-state index contributed by atoms with van der Waals surface area (Å²) in [5.74, 6) is 1.72. The van der Waals surface area contributed by atoms with Crippen LogP contribution in [0.3, 0.4) is 0 Å². The normalized spacial score (nSPS) is 12.2. The van der Waals surface area contributed by atoms with Crippen molar-refractivity contribution in [3.05, 3.63) is 145 Å². The average molecular weight is 519 g/mol. The lowest BCUT2D eigenvalue weighted by Gasteiger charge is -2.20. The quantitative estimate of drug-likeness (QED) is 0.164. The molecule has 0 saturated heterocycles. The second-order valence-corrected chi connectivity index (χ2v) is 9.56. The first-order chi connectivity index (χ1) is 19.1. The highest BCUT2D eigenvalue weighted by Crippen LogP contribution is 2.27. The Kier molecular flexibility index (Phi) is 9.85. The van der Waals surface area contributed by atoms with Crippen molar-refractivity contribution in [1.29, 1.82) is 0 Å². The smallest absolute Gasteiger partial charge is 0.118 e. The Morgan fingerprint density at radius 1 is 0.564 bits per heavy atom. The van der Waals surface area contributed by atoms with E-state index in [-0.39, 0.29) is 12.1 Å². The van der Waals surface area contributed by atoms with Gasteiger partial charge in [0.25, 0.3) is 0 Å². The molecule has 0 bridgehead atoms. The molecule has 4 aromatic carbocycles. The number of nitrogens with one attached hydrogen (secondary N) is 2. The molecule has 0 radical (unpaired) electrons. The molecule has 0 aliphatic rings. The molecule has 39 heavy (non-hydrogen) atoms. The predicted octanol–water partition coefficient (Wildman–Crippen LogP) is 8.75. The molecule has 0 aromatic heterocycles. The number of ether oxygens (including phenoxy) is 2. The van der Waals surface area contributed by atoms with E-state index in [0.29, 0.717) is 0 Å². The van der Waals surface area contributed by atoms with E-state index in [1.54, 1.807) is 14.2 Å². The number of benzene rings is 4. The molecule has 2 N–H and O–H groups in total. The molecule has 4 aromatic rings. The number of hydrogen-bond donors (Lipinski definition) is 2. The topological polar surface area (TPSA) is 42.5 Å². The summed E-state index contributed by atoms with van der Waals surface area (Å²) in [5.41, 5.74) is 7.13. The maximum absolute atomic E-state index is 5.30. The van der Waals surface area contributed by atoms with E-state index in [2.05, 4.69) is 96.6 Å². The highest BCUT2D eigenvalue weighted by atomic mass is 16.5. The lowest BCUT2D eigenvalue weighted by Crippen LogP contribution is -2.10. The zero-order valence-electron chi connectivity index (χ0n) is 22.9. The summed E-state index contributed by atoms with van der Waals surface area (Å²) in [5, 5.41) is 7.29. The van der Waals surface area contributed by atoms with Gasteiger partial charge in [0.1, 0.15) is 11.5 Å². The van der Waals surface area contributed by atoms with E-state index in [1.165, 1.54) is 22.3 Å². The van der Waals surface area contributed by atoms with E-state index in [1.807, 2.05) is 36.4 Å². The van der Waals surface area contributed by atoms with Crippen LogP contribution in [0.1, 0.15) is 47.2 Å². The van der Waals surface area contributed by atoms with Gasteiger partial charge in [-0.15, -0.1) is 13.2 Å². The van der Waals surface area contributed by atoms with Gasteiger partial charge in [-0.25, -0.2) is 0 Å². The van der Waals surface area contributed by atoms with Gasteiger partial charge in [0.2, 0.25) is 0 Å². The summed E-state index contributed by atoms with van der Waals surface area (Å²) in [6.07, 6.45) is 6.45. The van der Waals surface area contributed by atoms with Crippen LogP contribution in [-0.4, -0.2) is 14.2 Å². The predicted molar refractivity (Wildman–Crippen MR) is 164 cm³/mol. The van der Waals surface area contributed by atoms with Crippen LogP contribution in [0.25, 0.3) is 0 Å². The molecule has 0 fully saturated rings. The fourth-order valence-corrected chi connectivity index (χ4v) is 4.64. The molecule has 0 aliphatic carbocycles. The van der Waals surface area contributed by atoms with Gasteiger partial charge in [0, 0.05) is 11.4 Å². The SMILES string of the molecule is C=CC[C@H](Nc1ccc(Cc2ccc(N[C@H](CC=C)c3ccc(OC)cc3)cc2)cc1)c1ccc(OC)cc1. The zero-order valence-corrected chi connectivity index (χ0v) is 22.9. The minimum absolute atomic E-state index is 0.155. The van der Waals surface area contributed by atoms with Crippen LogP contribution < -0.4 is 20.1 Å². The Balaban J connectivity index is 1.37. The Hall–Kier alpha value is -4.44. The lowest BCUT2D eigenvalue weighted by molar-refractivity contribution is 0.414. The first-order valence-electron chi connectivity index (χ1n) is 13.3. The van der Waals surface area contributed by atoms with Crippen LogP contribution in [0.2, 0.25) is 0 Å². The third kappa shape index (κ3) is 7.78. The summed E-state index contributed by atoms with van der Waals surface area (Å²) in [6.45, 7) is 7.87. The van der Waals surface area contributed by atoms with Crippen molar-refractivity contribution in [2.75, 3.05) is 24.9 Å². The van der Waals surface area contributed by atoms with Crippen LogP contribution in [0.15, 0.2) is 122 Å². The zero-order chi connectivity index (χ0) is 27.5.